The van der Waals surface area contributed by atoms with E-state index in [4.69, 9.17) is 0 Å². The van der Waals surface area contributed by atoms with Gasteiger partial charge in [0.25, 0.3) is 5.91 Å². The summed E-state index contributed by atoms with van der Waals surface area (Å²) in [5, 5.41) is 16.6. The first-order valence-corrected chi connectivity index (χ1v) is 9.27. The van der Waals surface area contributed by atoms with E-state index in [0.29, 0.717) is 11.3 Å². The normalized spacial score (nSPS) is 11.2. The molecule has 0 atom stereocenters. The summed E-state index contributed by atoms with van der Waals surface area (Å²) in [4.78, 5) is 24.6. The highest BCUT2D eigenvalue weighted by Gasteiger charge is 2.15. The van der Waals surface area contributed by atoms with Crippen LogP contribution in [0.1, 0.15) is 42.3 Å². The lowest BCUT2D eigenvalue weighted by molar-refractivity contribution is -0.115. The minimum atomic E-state index is -0.318. The lowest BCUT2D eigenvalue weighted by Crippen LogP contribution is -2.33. The number of nitrogens with one attached hydrogen (secondary N) is 2. The molecule has 150 valence electrons. The number of carbonyl (C=O) groups is 2. The Labute approximate surface area is 169 Å². The third-order valence-corrected chi connectivity index (χ3v) is 4.60. The molecular formula is C21H24N6O2. The van der Waals surface area contributed by atoms with Gasteiger partial charge in [-0.05, 0) is 58.2 Å². The number of aromatic nitrogens is 4. The first kappa shape index (κ1) is 20.2. The molecule has 3 rings (SSSR count). The van der Waals surface area contributed by atoms with E-state index in [1.807, 2.05) is 25.1 Å². The number of rotatable bonds is 5. The van der Waals surface area contributed by atoms with Crippen LogP contribution in [0, 0.1) is 6.92 Å². The van der Waals surface area contributed by atoms with E-state index in [1.54, 1.807) is 24.3 Å². The van der Waals surface area contributed by atoms with E-state index in [2.05, 4.69) is 46.9 Å². The molecule has 0 aliphatic rings. The number of amides is 2. The maximum atomic E-state index is 12.3. The molecule has 0 saturated carbocycles. The van der Waals surface area contributed by atoms with Gasteiger partial charge in [0.1, 0.15) is 6.33 Å². The molecule has 3 aromatic rings. The Bertz CT molecular complexity index is 1000. The fourth-order valence-electron chi connectivity index (χ4n) is 2.86. The maximum absolute atomic E-state index is 12.3. The van der Waals surface area contributed by atoms with E-state index in [0.717, 1.165) is 16.8 Å². The van der Waals surface area contributed by atoms with Crippen molar-refractivity contribution in [1.82, 2.24) is 25.5 Å². The fourth-order valence-corrected chi connectivity index (χ4v) is 2.86. The van der Waals surface area contributed by atoms with Crippen molar-refractivity contribution in [3.63, 3.8) is 0 Å². The van der Waals surface area contributed by atoms with Gasteiger partial charge in [0.05, 0.1) is 12.2 Å². The van der Waals surface area contributed by atoms with Gasteiger partial charge < -0.3 is 10.6 Å². The zero-order valence-corrected chi connectivity index (χ0v) is 16.9. The largest absolute Gasteiger partial charge is 0.343 e. The number of hydrogen-bond acceptors (Lipinski definition) is 5. The molecule has 0 aliphatic heterocycles. The third-order valence-electron chi connectivity index (χ3n) is 4.60. The summed E-state index contributed by atoms with van der Waals surface area (Å²) in [5.74, 6) is -0.610. The first-order chi connectivity index (χ1) is 13.8. The summed E-state index contributed by atoms with van der Waals surface area (Å²) in [6, 6.07) is 12.8. The number of carbonyl (C=O) groups excluding carboxylic acids is 2. The van der Waals surface area contributed by atoms with Gasteiger partial charge in [-0.2, -0.15) is 0 Å². The van der Waals surface area contributed by atoms with Crippen LogP contribution < -0.4 is 10.6 Å². The van der Waals surface area contributed by atoms with Crippen molar-refractivity contribution >= 4 is 17.5 Å². The second-order valence-electron chi connectivity index (χ2n) is 7.76. The Balaban J connectivity index is 1.60. The van der Waals surface area contributed by atoms with Crippen molar-refractivity contribution in [2.75, 3.05) is 11.9 Å². The predicted molar refractivity (Wildman–Crippen MR) is 110 cm³/mol. The highest BCUT2D eigenvalue weighted by atomic mass is 16.2. The summed E-state index contributed by atoms with van der Waals surface area (Å²) < 4.78 is 1.52. The molecule has 2 aromatic carbocycles. The van der Waals surface area contributed by atoms with Crippen LogP contribution in [0.15, 0.2) is 48.8 Å². The molecule has 8 nitrogen and oxygen atoms in total. The molecule has 0 bridgehead atoms. The monoisotopic (exact) mass is 392 g/mol. The number of nitrogens with zero attached hydrogens (tertiary/aromatic N) is 4. The van der Waals surface area contributed by atoms with Gasteiger partial charge in [-0.15, -0.1) is 5.10 Å². The molecule has 0 saturated heterocycles. The Morgan fingerprint density at radius 2 is 1.79 bits per heavy atom. The van der Waals surface area contributed by atoms with Crippen LogP contribution in [0.4, 0.5) is 5.69 Å². The number of anilines is 1. The number of benzene rings is 2. The molecule has 0 spiro atoms. The topological polar surface area (TPSA) is 102 Å². The summed E-state index contributed by atoms with van der Waals surface area (Å²) in [6.45, 7) is 8.07. The maximum Gasteiger partial charge on any atom is 0.251 e. The van der Waals surface area contributed by atoms with Crippen LogP contribution in [0.2, 0.25) is 0 Å². The second kappa shape index (κ2) is 8.22. The van der Waals surface area contributed by atoms with Crippen LogP contribution in [0.5, 0.6) is 0 Å². The summed E-state index contributed by atoms with van der Waals surface area (Å²) in [7, 11) is 0. The molecule has 0 fully saturated rings. The highest BCUT2D eigenvalue weighted by molar-refractivity contribution is 5.99. The minimum Gasteiger partial charge on any atom is -0.343 e. The molecule has 2 amide bonds. The molecule has 29 heavy (non-hydrogen) atoms. The molecule has 2 N–H and O–H groups in total. The zero-order chi connectivity index (χ0) is 21.0. The molecule has 1 aromatic heterocycles. The second-order valence-corrected chi connectivity index (χ2v) is 7.76. The average molecular weight is 392 g/mol. The van der Waals surface area contributed by atoms with Crippen molar-refractivity contribution in [1.29, 1.82) is 0 Å². The SMILES string of the molecule is Cc1c(NC(=O)CNC(=O)c2ccc(C(C)(C)C)cc2)cccc1-n1cnnn1. The molecule has 0 radical (unpaired) electrons. The Morgan fingerprint density at radius 3 is 2.41 bits per heavy atom. The minimum absolute atomic E-state index is 0.0174. The fraction of sp³-hybridized carbons (Fsp3) is 0.286. The van der Waals surface area contributed by atoms with Crippen molar-refractivity contribution in [2.45, 2.75) is 33.1 Å². The van der Waals surface area contributed by atoms with E-state index in [1.165, 1.54) is 11.0 Å². The van der Waals surface area contributed by atoms with E-state index >= 15 is 0 Å². The Hall–Kier alpha value is -3.55. The van der Waals surface area contributed by atoms with Crippen molar-refractivity contribution < 1.29 is 9.59 Å². The molecule has 1 heterocycles. The highest BCUT2D eigenvalue weighted by Crippen LogP contribution is 2.22. The Kier molecular flexibility index (Phi) is 5.72. The van der Waals surface area contributed by atoms with Crippen LogP contribution in [-0.2, 0) is 10.2 Å². The van der Waals surface area contributed by atoms with Gasteiger partial charge in [-0.1, -0.05) is 39.0 Å². The number of hydrogen-bond donors (Lipinski definition) is 2. The average Bonchev–Trinajstić information content (AvgIpc) is 3.22. The smallest absolute Gasteiger partial charge is 0.251 e. The van der Waals surface area contributed by atoms with Crippen LogP contribution in [0.25, 0.3) is 5.69 Å². The molecule has 8 heteroatoms. The zero-order valence-electron chi connectivity index (χ0n) is 16.9. The molecule has 0 aliphatic carbocycles. The van der Waals surface area contributed by atoms with E-state index in [9.17, 15) is 9.59 Å². The molecular weight excluding hydrogens is 368 g/mol. The Morgan fingerprint density at radius 1 is 1.07 bits per heavy atom. The lowest BCUT2D eigenvalue weighted by Gasteiger charge is -2.19. The summed E-state index contributed by atoms with van der Waals surface area (Å²) in [6.07, 6.45) is 1.49. The van der Waals surface area contributed by atoms with Gasteiger partial charge in [-0.25, -0.2) is 4.68 Å². The van der Waals surface area contributed by atoms with Crippen LogP contribution in [-0.4, -0.2) is 38.6 Å². The summed E-state index contributed by atoms with van der Waals surface area (Å²) >= 11 is 0. The van der Waals surface area contributed by atoms with Gasteiger partial charge in [-0.3, -0.25) is 9.59 Å². The van der Waals surface area contributed by atoms with Crippen molar-refractivity contribution in [2.24, 2.45) is 0 Å². The summed E-state index contributed by atoms with van der Waals surface area (Å²) in [5.41, 5.74) is 3.89. The van der Waals surface area contributed by atoms with E-state index < -0.39 is 0 Å². The predicted octanol–water partition coefficient (Wildman–Crippen LogP) is 2.64. The number of tetrazole rings is 1. The third kappa shape index (κ3) is 4.84. The van der Waals surface area contributed by atoms with Crippen LogP contribution in [0.3, 0.4) is 0 Å². The van der Waals surface area contributed by atoms with Crippen molar-refractivity contribution in [3.05, 3.63) is 65.5 Å². The van der Waals surface area contributed by atoms with Gasteiger partial charge in [0.2, 0.25) is 5.91 Å². The van der Waals surface area contributed by atoms with Gasteiger partial charge >= 0.3 is 0 Å². The van der Waals surface area contributed by atoms with Gasteiger partial charge in [0.15, 0.2) is 0 Å². The lowest BCUT2D eigenvalue weighted by atomic mass is 9.87. The molecule has 0 unspecified atom stereocenters. The first-order valence-electron chi connectivity index (χ1n) is 9.27. The van der Waals surface area contributed by atoms with Crippen LogP contribution >= 0.6 is 0 Å². The quantitative estimate of drug-likeness (QED) is 0.695. The van der Waals surface area contributed by atoms with Crippen molar-refractivity contribution in [3.8, 4) is 5.69 Å². The van der Waals surface area contributed by atoms with E-state index in [-0.39, 0.29) is 23.8 Å². The van der Waals surface area contributed by atoms with Gasteiger partial charge in [0, 0.05) is 11.3 Å². The standard InChI is InChI=1S/C21H24N6O2/c1-14-17(6-5-7-18(14)27-13-23-25-26-27)24-19(28)12-22-20(29)15-8-10-16(11-9-15)21(2,3)4/h5-11,13H,12H2,1-4H3,(H,22,29)(H,24,28).